The SMILES string of the molecule is CCCCCCCC[N+](CC)(CC)CC. The summed E-state index contributed by atoms with van der Waals surface area (Å²) in [5, 5.41) is 0. The molecule has 0 amide bonds. The second-order valence-corrected chi connectivity index (χ2v) is 4.78. The quantitative estimate of drug-likeness (QED) is 0.377. The van der Waals surface area contributed by atoms with Crippen molar-refractivity contribution in [1.29, 1.82) is 0 Å². The third kappa shape index (κ3) is 6.19. The first-order valence-corrected chi connectivity index (χ1v) is 7.09. The highest BCUT2D eigenvalue weighted by Gasteiger charge is 2.19. The van der Waals surface area contributed by atoms with Gasteiger partial charge >= 0.3 is 0 Å². The van der Waals surface area contributed by atoms with Crippen LogP contribution in [0, 0.1) is 0 Å². The van der Waals surface area contributed by atoms with E-state index >= 15 is 0 Å². The van der Waals surface area contributed by atoms with Gasteiger partial charge in [0.05, 0.1) is 26.2 Å². The summed E-state index contributed by atoms with van der Waals surface area (Å²) in [5.41, 5.74) is 0. The average Bonchev–Trinajstić information content (AvgIpc) is 2.29. The Kier molecular flexibility index (Phi) is 9.18. The van der Waals surface area contributed by atoms with Crippen molar-refractivity contribution in [2.75, 3.05) is 26.2 Å². The van der Waals surface area contributed by atoms with E-state index < -0.39 is 0 Å². The van der Waals surface area contributed by atoms with Gasteiger partial charge in [0.15, 0.2) is 0 Å². The molecule has 0 N–H and O–H groups in total. The Morgan fingerprint density at radius 2 is 1.07 bits per heavy atom. The van der Waals surface area contributed by atoms with Crippen molar-refractivity contribution in [2.45, 2.75) is 66.2 Å². The summed E-state index contributed by atoms with van der Waals surface area (Å²) >= 11 is 0. The molecule has 0 unspecified atom stereocenters. The Bertz CT molecular complexity index is 119. The van der Waals surface area contributed by atoms with Crippen LogP contribution in [0.15, 0.2) is 0 Å². The number of nitrogens with zero attached hydrogens (tertiary/aromatic N) is 1. The van der Waals surface area contributed by atoms with Crippen LogP contribution < -0.4 is 0 Å². The molecular weight excluding hydrogens is 182 g/mol. The zero-order valence-electron chi connectivity index (χ0n) is 11.5. The lowest BCUT2D eigenvalue weighted by Gasteiger charge is -2.35. The van der Waals surface area contributed by atoms with Crippen LogP contribution in [0.2, 0.25) is 0 Å². The molecule has 0 spiro atoms. The van der Waals surface area contributed by atoms with Crippen molar-refractivity contribution in [1.82, 2.24) is 0 Å². The van der Waals surface area contributed by atoms with Crippen LogP contribution in [0.4, 0.5) is 0 Å². The maximum atomic E-state index is 2.34. The zero-order valence-corrected chi connectivity index (χ0v) is 11.5. The normalized spacial score (nSPS) is 12.0. The topological polar surface area (TPSA) is 0 Å². The molecule has 92 valence electrons. The highest BCUT2D eigenvalue weighted by Crippen LogP contribution is 2.11. The van der Waals surface area contributed by atoms with Gasteiger partial charge in [0.2, 0.25) is 0 Å². The lowest BCUT2D eigenvalue weighted by Crippen LogP contribution is -2.48. The van der Waals surface area contributed by atoms with Crippen molar-refractivity contribution in [3.8, 4) is 0 Å². The molecule has 0 saturated heterocycles. The van der Waals surface area contributed by atoms with Gasteiger partial charge in [-0.05, 0) is 33.6 Å². The van der Waals surface area contributed by atoms with E-state index in [0.717, 1.165) is 0 Å². The number of hydrogen-bond acceptors (Lipinski definition) is 0. The molecule has 1 nitrogen and oxygen atoms in total. The minimum atomic E-state index is 1.31. The third-order valence-corrected chi connectivity index (χ3v) is 4.00. The number of unbranched alkanes of at least 4 members (excludes halogenated alkanes) is 5. The summed E-state index contributed by atoms with van der Waals surface area (Å²) < 4.78 is 1.33. The first kappa shape index (κ1) is 15.0. The van der Waals surface area contributed by atoms with Crippen molar-refractivity contribution in [2.24, 2.45) is 0 Å². The molecule has 0 saturated carbocycles. The predicted octanol–water partition coefficient (Wildman–Crippen LogP) is 4.22. The number of quaternary nitrogens is 1. The Balaban J connectivity index is 3.54. The van der Waals surface area contributed by atoms with Gasteiger partial charge in [-0.2, -0.15) is 0 Å². The monoisotopic (exact) mass is 214 g/mol. The Morgan fingerprint density at radius 1 is 0.600 bits per heavy atom. The van der Waals surface area contributed by atoms with Crippen LogP contribution in [0.5, 0.6) is 0 Å². The fourth-order valence-corrected chi connectivity index (χ4v) is 2.37. The molecule has 0 aromatic carbocycles. The van der Waals surface area contributed by atoms with Gasteiger partial charge in [0.1, 0.15) is 0 Å². The van der Waals surface area contributed by atoms with E-state index in [2.05, 4.69) is 27.7 Å². The van der Waals surface area contributed by atoms with Crippen molar-refractivity contribution >= 4 is 0 Å². The number of rotatable bonds is 10. The van der Waals surface area contributed by atoms with Crippen LogP contribution in [0.3, 0.4) is 0 Å². The molecule has 0 heterocycles. The minimum absolute atomic E-state index is 1.31. The second-order valence-electron chi connectivity index (χ2n) is 4.78. The maximum absolute atomic E-state index is 2.34. The molecule has 0 aliphatic heterocycles. The molecule has 0 fully saturated rings. The Labute approximate surface area is 97.5 Å². The van der Waals surface area contributed by atoms with Gasteiger partial charge in [0, 0.05) is 0 Å². The first-order valence-electron chi connectivity index (χ1n) is 7.09. The van der Waals surface area contributed by atoms with E-state index in [1.54, 1.807) is 0 Å². The van der Waals surface area contributed by atoms with Gasteiger partial charge in [-0.25, -0.2) is 0 Å². The lowest BCUT2D eigenvalue weighted by atomic mass is 10.1. The van der Waals surface area contributed by atoms with Crippen LogP contribution in [-0.4, -0.2) is 30.7 Å². The summed E-state index contributed by atoms with van der Waals surface area (Å²) in [6.07, 6.45) is 8.55. The minimum Gasteiger partial charge on any atom is -0.324 e. The van der Waals surface area contributed by atoms with Crippen molar-refractivity contribution in [3.05, 3.63) is 0 Å². The van der Waals surface area contributed by atoms with Crippen LogP contribution in [-0.2, 0) is 0 Å². The predicted molar refractivity (Wildman–Crippen MR) is 70.1 cm³/mol. The van der Waals surface area contributed by atoms with Gasteiger partial charge in [-0.3, -0.25) is 0 Å². The molecular formula is C14H32N+. The Hall–Kier alpha value is -0.0400. The van der Waals surface area contributed by atoms with E-state index in [1.807, 2.05) is 0 Å². The van der Waals surface area contributed by atoms with Gasteiger partial charge in [-0.15, -0.1) is 0 Å². The molecule has 1 heteroatoms. The fourth-order valence-electron chi connectivity index (χ4n) is 2.37. The Morgan fingerprint density at radius 3 is 1.53 bits per heavy atom. The molecule has 0 bridgehead atoms. The number of hydrogen-bond donors (Lipinski definition) is 0. The summed E-state index contributed by atoms with van der Waals surface area (Å²) in [6.45, 7) is 14.6. The molecule has 15 heavy (non-hydrogen) atoms. The van der Waals surface area contributed by atoms with E-state index in [0.29, 0.717) is 0 Å². The van der Waals surface area contributed by atoms with E-state index in [1.165, 1.54) is 69.2 Å². The molecule has 0 radical (unpaired) electrons. The van der Waals surface area contributed by atoms with Crippen LogP contribution in [0.25, 0.3) is 0 Å². The highest BCUT2D eigenvalue weighted by molar-refractivity contribution is 4.45. The smallest absolute Gasteiger partial charge is 0.0786 e. The molecule has 0 aromatic heterocycles. The van der Waals surface area contributed by atoms with E-state index in [9.17, 15) is 0 Å². The molecule has 0 atom stereocenters. The maximum Gasteiger partial charge on any atom is 0.0786 e. The highest BCUT2D eigenvalue weighted by atomic mass is 15.3. The molecule has 0 aromatic rings. The van der Waals surface area contributed by atoms with Gasteiger partial charge < -0.3 is 4.48 Å². The van der Waals surface area contributed by atoms with Crippen molar-refractivity contribution in [3.63, 3.8) is 0 Å². The van der Waals surface area contributed by atoms with Gasteiger partial charge in [-0.1, -0.05) is 32.6 Å². The standard InChI is InChI=1S/C14H32N/c1-5-9-10-11-12-13-14-15(6-2,7-3)8-4/h5-14H2,1-4H3/q+1. The summed E-state index contributed by atoms with van der Waals surface area (Å²) in [7, 11) is 0. The second kappa shape index (κ2) is 9.21. The zero-order chi connectivity index (χ0) is 11.6. The van der Waals surface area contributed by atoms with Crippen LogP contribution in [0.1, 0.15) is 66.2 Å². The fraction of sp³-hybridized carbons (Fsp3) is 1.00. The van der Waals surface area contributed by atoms with Crippen molar-refractivity contribution < 1.29 is 4.48 Å². The largest absolute Gasteiger partial charge is 0.324 e. The summed E-state index contributed by atoms with van der Waals surface area (Å²) in [6, 6.07) is 0. The summed E-state index contributed by atoms with van der Waals surface area (Å²) in [5.74, 6) is 0. The first-order chi connectivity index (χ1) is 7.24. The lowest BCUT2D eigenvalue weighted by molar-refractivity contribution is -0.923. The van der Waals surface area contributed by atoms with Crippen LogP contribution >= 0.6 is 0 Å². The third-order valence-electron chi connectivity index (χ3n) is 4.00. The van der Waals surface area contributed by atoms with E-state index in [4.69, 9.17) is 0 Å². The van der Waals surface area contributed by atoms with E-state index in [-0.39, 0.29) is 0 Å². The van der Waals surface area contributed by atoms with Gasteiger partial charge in [0.25, 0.3) is 0 Å². The molecule has 0 rings (SSSR count). The molecule has 0 aliphatic carbocycles. The average molecular weight is 214 g/mol. The summed E-state index contributed by atoms with van der Waals surface area (Å²) in [4.78, 5) is 0. The molecule has 0 aliphatic rings.